The monoisotopic (exact) mass is 470 g/mol. The van der Waals surface area contributed by atoms with Gasteiger partial charge in [-0.2, -0.15) is 5.10 Å². The number of anilines is 1. The number of non-ortho nitro benzene ring substituents is 1. The van der Waals surface area contributed by atoms with Crippen molar-refractivity contribution in [1.29, 1.82) is 0 Å². The maximum atomic E-state index is 14.7. The van der Waals surface area contributed by atoms with E-state index in [1.165, 1.54) is 12.1 Å². The summed E-state index contributed by atoms with van der Waals surface area (Å²) in [5.41, 5.74) is 0.851. The van der Waals surface area contributed by atoms with Crippen LogP contribution in [0, 0.1) is 15.9 Å². The van der Waals surface area contributed by atoms with Gasteiger partial charge < -0.3 is 19.1 Å². The molecule has 0 bridgehead atoms. The Hall–Kier alpha value is -3.24. The minimum atomic E-state index is -0.797. The lowest BCUT2D eigenvalue weighted by molar-refractivity contribution is -0.385. The fraction of sp³-hybridized carbons (Fsp3) is 0.458. The maximum absolute atomic E-state index is 14.7. The molecule has 3 heterocycles. The van der Waals surface area contributed by atoms with E-state index in [4.69, 9.17) is 19.3 Å². The third-order valence-electron chi connectivity index (χ3n) is 6.17. The lowest BCUT2D eigenvalue weighted by atomic mass is 10.1. The largest absolute Gasteiger partial charge is 0.452 e. The topological polar surface area (TPSA) is 91.9 Å². The summed E-state index contributed by atoms with van der Waals surface area (Å²) >= 11 is 0. The number of halogens is 1. The standard InChI is InChI=1S/C24H27FN4O5/c1-24(2)15-27(8-10-33-24)20-13-19-16(14-28(26-19)23-5-3-4-9-32-23)11-22(20)34-21-7-6-17(29(30)31)12-18(21)25/h6-7,11-14,23H,3-5,8-10,15H2,1-2H3. The maximum Gasteiger partial charge on any atom is 0.272 e. The van der Waals surface area contributed by atoms with Gasteiger partial charge in [0.15, 0.2) is 17.3 Å². The number of rotatable bonds is 5. The lowest BCUT2D eigenvalue weighted by Gasteiger charge is -2.39. The second-order valence-electron chi connectivity index (χ2n) is 9.31. The number of fused-ring (bicyclic) bond motifs is 1. The van der Waals surface area contributed by atoms with Crippen LogP contribution in [-0.2, 0) is 9.47 Å². The molecule has 0 amide bonds. The Morgan fingerprint density at radius 3 is 2.76 bits per heavy atom. The first-order valence-corrected chi connectivity index (χ1v) is 11.4. The molecule has 1 aromatic heterocycles. The van der Waals surface area contributed by atoms with Crippen molar-refractivity contribution >= 4 is 22.3 Å². The zero-order valence-corrected chi connectivity index (χ0v) is 19.2. The number of aromatic nitrogens is 2. The van der Waals surface area contributed by atoms with Crippen LogP contribution in [0.3, 0.4) is 0 Å². The van der Waals surface area contributed by atoms with Crippen molar-refractivity contribution in [3.8, 4) is 11.5 Å². The number of nitrogens with zero attached hydrogens (tertiary/aromatic N) is 4. The normalized spacial score (nSPS) is 20.4. The number of nitro groups is 1. The molecule has 180 valence electrons. The molecule has 9 nitrogen and oxygen atoms in total. The molecule has 0 aliphatic carbocycles. The molecular formula is C24H27FN4O5. The molecule has 10 heteroatoms. The van der Waals surface area contributed by atoms with Crippen LogP contribution in [0.1, 0.15) is 39.3 Å². The average molecular weight is 471 g/mol. The van der Waals surface area contributed by atoms with Crippen LogP contribution >= 0.6 is 0 Å². The predicted octanol–water partition coefficient (Wildman–Crippen LogP) is 5.19. The summed E-state index contributed by atoms with van der Waals surface area (Å²) < 4.78 is 34.2. The molecular weight excluding hydrogens is 443 g/mol. The van der Waals surface area contributed by atoms with E-state index in [2.05, 4.69) is 4.90 Å². The third kappa shape index (κ3) is 4.55. The Morgan fingerprint density at radius 1 is 1.21 bits per heavy atom. The van der Waals surface area contributed by atoms with Gasteiger partial charge in [0.25, 0.3) is 5.69 Å². The van der Waals surface area contributed by atoms with E-state index < -0.39 is 10.7 Å². The summed E-state index contributed by atoms with van der Waals surface area (Å²) in [5.74, 6) is -0.433. The van der Waals surface area contributed by atoms with Gasteiger partial charge in [0, 0.05) is 37.3 Å². The quantitative estimate of drug-likeness (QED) is 0.374. The minimum absolute atomic E-state index is 0.0817. The van der Waals surface area contributed by atoms with Crippen LogP contribution in [0.25, 0.3) is 10.9 Å². The zero-order valence-electron chi connectivity index (χ0n) is 19.2. The van der Waals surface area contributed by atoms with E-state index in [9.17, 15) is 14.5 Å². The lowest BCUT2D eigenvalue weighted by Crippen LogP contribution is -2.48. The van der Waals surface area contributed by atoms with Crippen LogP contribution in [0.4, 0.5) is 15.8 Å². The highest BCUT2D eigenvalue weighted by molar-refractivity contribution is 5.86. The van der Waals surface area contributed by atoms with Crippen molar-refractivity contribution in [1.82, 2.24) is 9.78 Å². The highest BCUT2D eigenvalue weighted by Crippen LogP contribution is 2.39. The number of nitro benzene ring substituents is 1. The Balaban J connectivity index is 1.55. The van der Waals surface area contributed by atoms with E-state index in [0.717, 1.165) is 41.9 Å². The minimum Gasteiger partial charge on any atom is -0.452 e. The van der Waals surface area contributed by atoms with Crippen molar-refractivity contribution in [2.45, 2.75) is 44.9 Å². The van der Waals surface area contributed by atoms with E-state index in [1.54, 1.807) is 0 Å². The van der Waals surface area contributed by atoms with Gasteiger partial charge in [0.1, 0.15) is 6.23 Å². The fourth-order valence-corrected chi connectivity index (χ4v) is 4.49. The number of hydrogen-bond acceptors (Lipinski definition) is 7. The molecule has 0 radical (unpaired) electrons. The number of hydrogen-bond donors (Lipinski definition) is 0. The Morgan fingerprint density at radius 2 is 2.06 bits per heavy atom. The van der Waals surface area contributed by atoms with Crippen LogP contribution in [0.5, 0.6) is 11.5 Å². The third-order valence-corrected chi connectivity index (χ3v) is 6.17. The second-order valence-corrected chi connectivity index (χ2v) is 9.31. The molecule has 0 spiro atoms. The van der Waals surface area contributed by atoms with Crippen molar-refractivity contribution in [3.63, 3.8) is 0 Å². The van der Waals surface area contributed by atoms with Gasteiger partial charge in [-0.15, -0.1) is 0 Å². The molecule has 3 aromatic rings. The number of benzene rings is 2. The highest BCUT2D eigenvalue weighted by Gasteiger charge is 2.30. The molecule has 5 rings (SSSR count). The van der Waals surface area contributed by atoms with Crippen LogP contribution < -0.4 is 9.64 Å². The number of morpholine rings is 1. The van der Waals surface area contributed by atoms with Crippen molar-refractivity contribution in [3.05, 3.63) is 52.5 Å². The smallest absolute Gasteiger partial charge is 0.272 e. The Kier molecular flexibility index (Phi) is 5.86. The zero-order chi connectivity index (χ0) is 23.9. The number of ether oxygens (including phenoxy) is 3. The van der Waals surface area contributed by atoms with Gasteiger partial charge in [-0.1, -0.05) is 0 Å². The molecule has 0 N–H and O–H groups in total. The summed E-state index contributed by atoms with van der Waals surface area (Å²) in [6.07, 6.45) is 4.84. The van der Waals surface area contributed by atoms with Crippen molar-refractivity contribution < 1.29 is 23.5 Å². The van der Waals surface area contributed by atoms with Gasteiger partial charge in [-0.3, -0.25) is 10.1 Å². The van der Waals surface area contributed by atoms with E-state index in [1.807, 2.05) is 36.9 Å². The van der Waals surface area contributed by atoms with Crippen molar-refractivity contribution in [2.75, 3.05) is 31.2 Å². The first-order chi connectivity index (χ1) is 16.3. The molecule has 2 aliphatic heterocycles. The van der Waals surface area contributed by atoms with E-state index in [-0.39, 0.29) is 23.3 Å². The highest BCUT2D eigenvalue weighted by atomic mass is 19.1. The Bertz CT molecular complexity index is 1220. The van der Waals surface area contributed by atoms with Crippen LogP contribution in [0.15, 0.2) is 36.5 Å². The molecule has 2 saturated heterocycles. The molecule has 2 fully saturated rings. The van der Waals surface area contributed by atoms with Crippen LogP contribution in [-0.4, -0.2) is 46.6 Å². The molecule has 2 aliphatic rings. The van der Waals surface area contributed by atoms with Gasteiger partial charge >= 0.3 is 0 Å². The second kappa shape index (κ2) is 8.84. The summed E-state index contributed by atoms with van der Waals surface area (Å²) in [4.78, 5) is 12.5. The SMILES string of the molecule is CC1(C)CN(c2cc3nn(C4CCCCO4)cc3cc2Oc2ccc([N+](=O)[O-])cc2F)CCO1. The average Bonchev–Trinajstić information content (AvgIpc) is 3.23. The van der Waals surface area contributed by atoms with Gasteiger partial charge in [-0.05, 0) is 51.3 Å². The molecule has 1 atom stereocenters. The molecule has 34 heavy (non-hydrogen) atoms. The molecule has 2 aromatic carbocycles. The molecule has 1 unspecified atom stereocenters. The van der Waals surface area contributed by atoms with Gasteiger partial charge in [-0.25, -0.2) is 9.07 Å². The first-order valence-electron chi connectivity index (χ1n) is 11.4. The predicted molar refractivity (Wildman–Crippen MR) is 124 cm³/mol. The van der Waals surface area contributed by atoms with Gasteiger partial charge in [0.2, 0.25) is 0 Å². The first kappa shape index (κ1) is 22.5. The molecule has 0 saturated carbocycles. The summed E-state index contributed by atoms with van der Waals surface area (Å²) in [7, 11) is 0. The summed E-state index contributed by atoms with van der Waals surface area (Å²) in [5, 5.41) is 16.6. The fourth-order valence-electron chi connectivity index (χ4n) is 4.49. The Labute approximate surface area is 196 Å². The van der Waals surface area contributed by atoms with Crippen molar-refractivity contribution in [2.24, 2.45) is 0 Å². The summed E-state index contributed by atoms with van der Waals surface area (Å²) in [6, 6.07) is 7.15. The van der Waals surface area contributed by atoms with E-state index >= 15 is 0 Å². The van der Waals surface area contributed by atoms with E-state index in [0.29, 0.717) is 32.1 Å². The van der Waals surface area contributed by atoms with Crippen LogP contribution in [0.2, 0.25) is 0 Å². The summed E-state index contributed by atoms with van der Waals surface area (Å²) in [6.45, 7) is 6.54. The van der Waals surface area contributed by atoms with Gasteiger partial charge in [0.05, 0.1) is 34.4 Å².